The van der Waals surface area contributed by atoms with E-state index in [1.807, 2.05) is 11.8 Å². The van der Waals surface area contributed by atoms with Crippen molar-refractivity contribution in [1.82, 2.24) is 0 Å². The molecule has 31 heavy (non-hydrogen) atoms. The minimum absolute atomic E-state index is 0.188. The lowest BCUT2D eigenvalue weighted by Crippen LogP contribution is -2.55. The van der Waals surface area contributed by atoms with Gasteiger partial charge < -0.3 is 10.2 Å². The van der Waals surface area contributed by atoms with Crippen LogP contribution in [0.5, 0.6) is 0 Å². The molecular formula is C21H10F6O4. The Morgan fingerprint density at radius 3 is 1.23 bits per heavy atom. The Morgan fingerprint density at radius 2 is 1.00 bits per heavy atom. The highest BCUT2D eigenvalue weighted by Gasteiger charge is 2.72. The molecule has 160 valence electrons. The average Bonchev–Trinajstić information content (AvgIpc) is 2.65. The van der Waals surface area contributed by atoms with E-state index in [1.165, 1.54) is 0 Å². The molecule has 0 fully saturated rings. The van der Waals surface area contributed by atoms with Crippen LogP contribution < -0.4 is 0 Å². The molecule has 0 saturated heterocycles. The molecular weight excluding hydrogens is 430 g/mol. The first-order chi connectivity index (χ1) is 14.2. The van der Waals surface area contributed by atoms with Crippen LogP contribution >= 0.6 is 0 Å². The number of carboxylic acid groups (broad SMARTS) is 2. The van der Waals surface area contributed by atoms with Gasteiger partial charge in [-0.25, -0.2) is 9.59 Å². The van der Waals surface area contributed by atoms with E-state index in [1.54, 1.807) is 0 Å². The summed E-state index contributed by atoms with van der Waals surface area (Å²) < 4.78 is 85.6. The summed E-state index contributed by atoms with van der Waals surface area (Å²) in [5.74, 6) is -0.00501. The van der Waals surface area contributed by atoms with Gasteiger partial charge in [0.05, 0.1) is 11.1 Å². The Balaban J connectivity index is 3.17. The fourth-order valence-electron chi connectivity index (χ4n) is 3.08. The van der Waals surface area contributed by atoms with Crippen LogP contribution in [0.2, 0.25) is 0 Å². The van der Waals surface area contributed by atoms with Crippen molar-refractivity contribution < 1.29 is 46.1 Å². The van der Waals surface area contributed by atoms with E-state index in [0.29, 0.717) is 12.1 Å². The molecule has 0 saturated carbocycles. The summed E-state index contributed by atoms with van der Waals surface area (Å²) in [5, 5.41) is 18.3. The van der Waals surface area contributed by atoms with Gasteiger partial charge in [0.1, 0.15) is 0 Å². The lowest BCUT2D eigenvalue weighted by molar-refractivity contribution is -0.288. The number of carboxylic acids is 2. The maximum Gasteiger partial charge on any atom is 0.411 e. The molecule has 0 amide bonds. The molecule has 0 unspecified atom stereocenters. The SMILES string of the molecule is C#Cc1cc(C(=O)O)cc(C(c2cc(C#C)cc(C(=O)O)c2)(C(F)(F)F)C(F)(F)F)c1. The van der Waals surface area contributed by atoms with E-state index in [0.717, 1.165) is 12.1 Å². The van der Waals surface area contributed by atoms with Crippen LogP contribution in [0, 0.1) is 24.7 Å². The molecule has 0 radical (unpaired) electrons. The van der Waals surface area contributed by atoms with Crippen molar-refractivity contribution in [2.75, 3.05) is 0 Å². The molecule has 0 aliphatic carbocycles. The lowest BCUT2D eigenvalue weighted by atomic mass is 9.71. The smallest absolute Gasteiger partial charge is 0.411 e. The van der Waals surface area contributed by atoms with Crippen LogP contribution in [0.3, 0.4) is 0 Å². The highest BCUT2D eigenvalue weighted by molar-refractivity contribution is 5.89. The van der Waals surface area contributed by atoms with Crippen molar-refractivity contribution in [1.29, 1.82) is 0 Å². The minimum atomic E-state index is -6.10. The maximum absolute atomic E-state index is 14.3. The highest BCUT2D eigenvalue weighted by atomic mass is 19.4. The van der Waals surface area contributed by atoms with E-state index in [9.17, 15) is 35.9 Å². The van der Waals surface area contributed by atoms with Gasteiger partial charge in [0.25, 0.3) is 0 Å². The van der Waals surface area contributed by atoms with Gasteiger partial charge in [-0.1, -0.05) is 11.8 Å². The van der Waals surface area contributed by atoms with Crippen molar-refractivity contribution in [2.24, 2.45) is 0 Å². The zero-order valence-corrected chi connectivity index (χ0v) is 15.1. The van der Waals surface area contributed by atoms with Gasteiger partial charge in [0.2, 0.25) is 5.41 Å². The average molecular weight is 440 g/mol. The molecule has 2 N–H and O–H groups in total. The third-order valence-electron chi connectivity index (χ3n) is 4.41. The monoisotopic (exact) mass is 440 g/mol. The van der Waals surface area contributed by atoms with Gasteiger partial charge in [0.15, 0.2) is 0 Å². The molecule has 10 heteroatoms. The van der Waals surface area contributed by atoms with E-state index in [4.69, 9.17) is 23.1 Å². The number of rotatable bonds is 4. The summed E-state index contributed by atoms with van der Waals surface area (Å²) in [6.45, 7) is 0. The Hall–Kier alpha value is -3.92. The molecule has 2 aromatic rings. The molecule has 0 spiro atoms. The molecule has 0 aliphatic heterocycles. The minimum Gasteiger partial charge on any atom is -0.478 e. The predicted molar refractivity (Wildman–Crippen MR) is 95.6 cm³/mol. The molecule has 2 aromatic carbocycles. The summed E-state index contributed by atoms with van der Waals surface area (Å²) in [6, 6.07) is 2.57. The Bertz CT molecular complexity index is 1050. The normalized spacial score (nSPS) is 12.0. The quantitative estimate of drug-likeness (QED) is 0.544. The first-order valence-corrected chi connectivity index (χ1v) is 8.03. The third-order valence-corrected chi connectivity index (χ3v) is 4.41. The maximum atomic E-state index is 14.3. The van der Waals surface area contributed by atoms with Gasteiger partial charge in [-0.3, -0.25) is 0 Å². The highest BCUT2D eigenvalue weighted by Crippen LogP contribution is 2.56. The second-order valence-electron chi connectivity index (χ2n) is 6.24. The number of terminal acetylenes is 2. The second-order valence-corrected chi connectivity index (χ2v) is 6.24. The van der Waals surface area contributed by atoms with Gasteiger partial charge in [-0.05, 0) is 47.5 Å². The predicted octanol–water partition coefficient (Wildman–Crippen LogP) is 4.46. The van der Waals surface area contributed by atoms with Crippen molar-refractivity contribution in [2.45, 2.75) is 17.8 Å². The standard InChI is InChI=1S/C21H10F6O4/c1-3-11-5-13(17(28)29)9-15(7-11)19(20(22,23)24,21(25,26)27)16-8-12(4-2)6-14(10-16)18(30)31/h1-2,5-10H,(H,28,29)(H,30,31). The zero-order chi connectivity index (χ0) is 23.8. The molecule has 0 heterocycles. The number of carbonyl (C=O) groups is 2. The largest absolute Gasteiger partial charge is 0.478 e. The summed E-state index contributed by atoms with van der Waals surface area (Å²) in [6.07, 6.45) is -2.02. The summed E-state index contributed by atoms with van der Waals surface area (Å²) in [7, 11) is 0. The van der Waals surface area contributed by atoms with Gasteiger partial charge in [0, 0.05) is 11.1 Å². The molecule has 0 atom stereocenters. The van der Waals surface area contributed by atoms with Crippen molar-refractivity contribution in [3.8, 4) is 24.7 Å². The fourth-order valence-corrected chi connectivity index (χ4v) is 3.08. The number of hydrogen-bond donors (Lipinski definition) is 2. The van der Waals surface area contributed by atoms with Crippen LogP contribution in [-0.4, -0.2) is 34.5 Å². The molecule has 2 rings (SSSR count). The van der Waals surface area contributed by atoms with Crippen molar-refractivity contribution >= 4 is 11.9 Å². The Morgan fingerprint density at radius 1 is 0.677 bits per heavy atom. The van der Waals surface area contributed by atoms with E-state index >= 15 is 0 Å². The lowest BCUT2D eigenvalue weighted by Gasteiger charge is -2.38. The Labute approximate surface area is 171 Å². The zero-order valence-electron chi connectivity index (χ0n) is 15.1. The summed E-state index contributed by atoms with van der Waals surface area (Å²) >= 11 is 0. The number of halogens is 6. The molecule has 0 aliphatic rings. The topological polar surface area (TPSA) is 74.6 Å². The van der Waals surface area contributed by atoms with Crippen LogP contribution in [0.1, 0.15) is 43.0 Å². The first kappa shape index (κ1) is 23.4. The van der Waals surface area contributed by atoms with Crippen LogP contribution in [0.4, 0.5) is 26.3 Å². The van der Waals surface area contributed by atoms with Gasteiger partial charge in [-0.2, -0.15) is 26.3 Å². The number of alkyl halides is 6. The third kappa shape index (κ3) is 3.92. The van der Waals surface area contributed by atoms with Crippen LogP contribution in [-0.2, 0) is 5.41 Å². The van der Waals surface area contributed by atoms with Crippen LogP contribution in [0.25, 0.3) is 0 Å². The Kier molecular flexibility index (Phi) is 5.82. The molecule has 4 nitrogen and oxygen atoms in total. The van der Waals surface area contributed by atoms with E-state index in [2.05, 4.69) is 0 Å². The first-order valence-electron chi connectivity index (χ1n) is 8.03. The van der Waals surface area contributed by atoms with Crippen molar-refractivity contribution in [3.05, 3.63) is 69.8 Å². The van der Waals surface area contributed by atoms with Crippen molar-refractivity contribution in [3.63, 3.8) is 0 Å². The van der Waals surface area contributed by atoms with Gasteiger partial charge >= 0.3 is 24.3 Å². The number of benzene rings is 2. The van der Waals surface area contributed by atoms with Crippen LogP contribution in [0.15, 0.2) is 36.4 Å². The summed E-state index contributed by atoms with van der Waals surface area (Å²) in [4.78, 5) is 22.6. The molecule has 0 bridgehead atoms. The summed E-state index contributed by atoms with van der Waals surface area (Å²) in [5.41, 5.74) is -10.9. The fraction of sp³-hybridized carbons (Fsp3) is 0.143. The number of aromatic carboxylic acids is 2. The van der Waals surface area contributed by atoms with E-state index < -0.39 is 63.1 Å². The van der Waals surface area contributed by atoms with E-state index in [-0.39, 0.29) is 12.1 Å². The van der Waals surface area contributed by atoms with Gasteiger partial charge in [-0.15, -0.1) is 12.8 Å². The second kappa shape index (κ2) is 7.73. The molecule has 0 aromatic heterocycles. The number of hydrogen-bond acceptors (Lipinski definition) is 2.